The van der Waals surface area contributed by atoms with Crippen molar-refractivity contribution in [3.8, 4) is 0 Å². The van der Waals surface area contributed by atoms with Crippen LogP contribution in [0.15, 0.2) is 24.3 Å². The summed E-state index contributed by atoms with van der Waals surface area (Å²) in [6.45, 7) is 0. The molecule has 0 spiro atoms. The minimum atomic E-state index is -0.472. The number of hydrogen-bond donors (Lipinski definition) is 0. The minimum Gasteiger partial charge on any atom is -1.00 e. The van der Waals surface area contributed by atoms with Gasteiger partial charge in [-0.25, -0.2) is 0 Å². The summed E-state index contributed by atoms with van der Waals surface area (Å²) in [5.41, 5.74) is 0.0116. The SMILES string of the molecule is O=[N+]([O-])c1[c-]cccc1.[Br-].[Mg+2]. The second kappa shape index (κ2) is 6.57. The van der Waals surface area contributed by atoms with Crippen molar-refractivity contribution in [2.45, 2.75) is 0 Å². The van der Waals surface area contributed by atoms with Gasteiger partial charge in [-0.1, -0.05) is 6.07 Å². The van der Waals surface area contributed by atoms with E-state index in [0.29, 0.717) is 0 Å². The number of para-hydroxylation sites is 1. The summed E-state index contributed by atoms with van der Waals surface area (Å²) in [6.07, 6.45) is 0. The van der Waals surface area contributed by atoms with Crippen molar-refractivity contribution in [1.82, 2.24) is 0 Å². The van der Waals surface area contributed by atoms with E-state index in [2.05, 4.69) is 6.07 Å². The molecule has 3 nitrogen and oxygen atoms in total. The van der Waals surface area contributed by atoms with Gasteiger partial charge in [-0.3, -0.25) is 10.1 Å². The molecule has 0 N–H and O–H groups in total. The van der Waals surface area contributed by atoms with Gasteiger partial charge in [-0.15, -0.1) is 6.07 Å². The van der Waals surface area contributed by atoms with Crippen LogP contribution in [0.25, 0.3) is 0 Å². The summed E-state index contributed by atoms with van der Waals surface area (Å²) in [6, 6.07) is 8.68. The Bertz CT molecular complexity index is 217. The van der Waals surface area contributed by atoms with Crippen LogP contribution in [0.3, 0.4) is 0 Å². The van der Waals surface area contributed by atoms with Crippen LogP contribution >= 0.6 is 0 Å². The average Bonchev–Trinajstić information content (AvgIpc) is 1.90. The summed E-state index contributed by atoms with van der Waals surface area (Å²) >= 11 is 0. The molecule has 0 aliphatic heterocycles. The van der Waals surface area contributed by atoms with Crippen molar-refractivity contribution in [3.05, 3.63) is 40.4 Å². The molecule has 1 aromatic carbocycles. The Kier molecular flexibility index (Phi) is 8.03. The molecule has 5 heteroatoms. The van der Waals surface area contributed by atoms with Gasteiger partial charge in [0, 0.05) is 4.92 Å². The first kappa shape index (κ1) is 13.5. The first-order chi connectivity index (χ1) is 4.30. The zero-order valence-corrected chi connectivity index (χ0v) is 8.66. The first-order valence-corrected chi connectivity index (χ1v) is 2.42. The number of nitrogens with zero attached hydrogens (tertiary/aromatic N) is 1. The second-order valence-electron chi connectivity index (χ2n) is 1.50. The van der Waals surface area contributed by atoms with E-state index in [9.17, 15) is 10.1 Å². The van der Waals surface area contributed by atoms with Crippen molar-refractivity contribution in [1.29, 1.82) is 0 Å². The Hall–Kier alpha value is -0.134. The normalized spacial score (nSPS) is 7.27. The number of nitro benzene ring substituents is 1. The fourth-order valence-corrected chi connectivity index (χ4v) is 0.497. The van der Waals surface area contributed by atoms with E-state index in [0.717, 1.165) is 0 Å². The zero-order chi connectivity index (χ0) is 6.69. The molecule has 0 aliphatic rings. The van der Waals surface area contributed by atoms with Crippen molar-refractivity contribution < 1.29 is 21.9 Å². The Morgan fingerprint density at radius 3 is 2.36 bits per heavy atom. The molecule has 0 saturated heterocycles. The monoisotopic (exact) mass is 225 g/mol. The first-order valence-electron chi connectivity index (χ1n) is 2.42. The molecule has 54 valence electrons. The Morgan fingerprint density at radius 1 is 1.45 bits per heavy atom. The Morgan fingerprint density at radius 2 is 2.09 bits per heavy atom. The fourth-order valence-electron chi connectivity index (χ4n) is 0.497. The molecule has 0 saturated carbocycles. The van der Waals surface area contributed by atoms with E-state index in [1.807, 2.05) is 0 Å². The summed E-state index contributed by atoms with van der Waals surface area (Å²) in [7, 11) is 0. The standard InChI is InChI=1S/C6H4NO2.BrH.Mg/c8-7(9)6-4-2-1-3-5-6;;/h1-4H;1H;/q-1;;+2/p-1. The van der Waals surface area contributed by atoms with Crippen LogP contribution in [0, 0.1) is 16.2 Å². The number of non-ortho nitro benzene ring substituents is 1. The van der Waals surface area contributed by atoms with Gasteiger partial charge in [0.25, 0.3) is 0 Å². The van der Waals surface area contributed by atoms with Gasteiger partial charge in [0.2, 0.25) is 0 Å². The van der Waals surface area contributed by atoms with Crippen LogP contribution in [-0.4, -0.2) is 28.0 Å². The molecular formula is C6H4BrMgNO2. The minimum absolute atomic E-state index is 0. The van der Waals surface area contributed by atoms with Crippen molar-refractivity contribution in [3.63, 3.8) is 0 Å². The van der Waals surface area contributed by atoms with Gasteiger partial charge in [-0.05, 0) is 0 Å². The van der Waals surface area contributed by atoms with E-state index in [-0.39, 0.29) is 45.7 Å². The number of hydrogen-bond acceptors (Lipinski definition) is 2. The Balaban J connectivity index is 0. The van der Waals surface area contributed by atoms with Gasteiger partial charge < -0.3 is 17.0 Å². The van der Waals surface area contributed by atoms with Gasteiger partial charge in [-0.2, -0.15) is 18.2 Å². The summed E-state index contributed by atoms with van der Waals surface area (Å²) < 4.78 is 0. The second-order valence-corrected chi connectivity index (χ2v) is 1.50. The van der Waals surface area contributed by atoms with Gasteiger partial charge in [0.05, 0.1) is 0 Å². The van der Waals surface area contributed by atoms with Crippen LogP contribution in [0.5, 0.6) is 0 Å². The largest absolute Gasteiger partial charge is 2.00 e. The molecule has 1 rings (SSSR count). The summed E-state index contributed by atoms with van der Waals surface area (Å²) in [5, 5.41) is 9.98. The van der Waals surface area contributed by atoms with Crippen LogP contribution < -0.4 is 17.0 Å². The predicted molar refractivity (Wildman–Crippen MR) is 37.7 cm³/mol. The number of halogens is 1. The molecule has 0 aromatic heterocycles. The molecule has 0 amide bonds. The van der Waals surface area contributed by atoms with Gasteiger partial charge in [0.15, 0.2) is 5.69 Å². The smallest absolute Gasteiger partial charge is 1.00 e. The maximum atomic E-state index is 9.98. The number of benzene rings is 1. The molecule has 1 aromatic rings. The van der Waals surface area contributed by atoms with E-state index < -0.39 is 4.92 Å². The number of nitro groups is 1. The molecular weight excluding hydrogens is 222 g/mol. The molecule has 0 atom stereocenters. The molecule has 0 fully saturated rings. The summed E-state index contributed by atoms with van der Waals surface area (Å²) in [4.78, 5) is 9.50. The van der Waals surface area contributed by atoms with E-state index in [1.54, 1.807) is 12.1 Å². The fraction of sp³-hybridized carbons (Fsp3) is 0. The van der Waals surface area contributed by atoms with Crippen LogP contribution in [0.4, 0.5) is 5.69 Å². The van der Waals surface area contributed by atoms with Crippen LogP contribution in [0.2, 0.25) is 0 Å². The number of rotatable bonds is 1. The molecule has 0 radical (unpaired) electrons. The van der Waals surface area contributed by atoms with Crippen molar-refractivity contribution >= 4 is 28.7 Å². The average molecular weight is 226 g/mol. The van der Waals surface area contributed by atoms with E-state index in [4.69, 9.17) is 0 Å². The molecule has 0 unspecified atom stereocenters. The summed E-state index contributed by atoms with van der Waals surface area (Å²) in [5.74, 6) is 0. The third kappa shape index (κ3) is 4.34. The Labute approximate surface area is 90.9 Å². The van der Waals surface area contributed by atoms with Crippen LogP contribution in [-0.2, 0) is 0 Å². The van der Waals surface area contributed by atoms with Crippen LogP contribution in [0.1, 0.15) is 0 Å². The third-order valence-corrected chi connectivity index (χ3v) is 0.889. The predicted octanol–water partition coefficient (Wildman–Crippen LogP) is -1.98. The van der Waals surface area contributed by atoms with Gasteiger partial charge >= 0.3 is 23.1 Å². The quantitative estimate of drug-likeness (QED) is 0.241. The maximum Gasteiger partial charge on any atom is 2.00 e. The molecule has 0 aliphatic carbocycles. The molecule has 11 heavy (non-hydrogen) atoms. The topological polar surface area (TPSA) is 43.1 Å². The van der Waals surface area contributed by atoms with E-state index in [1.165, 1.54) is 12.1 Å². The third-order valence-electron chi connectivity index (χ3n) is 0.889. The van der Waals surface area contributed by atoms with Crippen molar-refractivity contribution in [2.75, 3.05) is 0 Å². The van der Waals surface area contributed by atoms with E-state index >= 15 is 0 Å². The zero-order valence-electron chi connectivity index (χ0n) is 5.66. The maximum absolute atomic E-state index is 9.98. The molecule has 0 heterocycles. The van der Waals surface area contributed by atoms with Crippen molar-refractivity contribution in [2.24, 2.45) is 0 Å². The van der Waals surface area contributed by atoms with Gasteiger partial charge in [0.1, 0.15) is 0 Å². The molecule has 0 bridgehead atoms.